The fourth-order valence-corrected chi connectivity index (χ4v) is 5.16. The average Bonchev–Trinajstić information content (AvgIpc) is 3.04. The molecule has 1 aromatic rings. The van der Waals surface area contributed by atoms with Gasteiger partial charge in [0.05, 0.1) is 6.10 Å². The average molecular weight is 687 g/mol. The van der Waals surface area contributed by atoms with Crippen LogP contribution in [-0.2, 0) is 31.8 Å². The van der Waals surface area contributed by atoms with Crippen LogP contribution in [0.25, 0.3) is 0 Å². The minimum Gasteiger partial charge on any atom is -0.455 e. The zero-order valence-electron chi connectivity index (χ0n) is 29.1. The number of unbranched alkanes of at least 4 members (excludes halogenated alkanes) is 1. The summed E-state index contributed by atoms with van der Waals surface area (Å²) >= 11 is 0. The lowest BCUT2D eigenvalue weighted by molar-refractivity contribution is -0.142. The van der Waals surface area contributed by atoms with Crippen molar-refractivity contribution >= 4 is 17.8 Å². The van der Waals surface area contributed by atoms with E-state index >= 15 is 0 Å². The molecule has 11 heteroatoms. The van der Waals surface area contributed by atoms with Crippen LogP contribution >= 0.6 is 0 Å². The standard InChI is InChI=1S/C38H49F3N2O6/c1-25(15-17-32-13-10-14-34(44)49-32)11-8-7-9-12-26(2)21-28(4)35(45)30(6)36(46)29(5)22-27(3)19-20-48-37(47)43-24-31-16-18-33(42-23-31)38(39,40)41/h9-12,14-19,21,23,28-30,32,36,46H,7-8,13,20,22,24H2,1-6H3,(H,43,47)/b12-9+,17-15+,25-11-,26-21+,27-19+. The summed E-state index contributed by atoms with van der Waals surface area (Å²) in [5.74, 6) is -1.56. The molecule has 0 bridgehead atoms. The molecular formula is C38H49F3N2O6. The van der Waals surface area contributed by atoms with Gasteiger partial charge >= 0.3 is 18.2 Å². The van der Waals surface area contributed by atoms with Gasteiger partial charge in [0.2, 0.25) is 0 Å². The smallest absolute Gasteiger partial charge is 0.433 e. The predicted molar refractivity (Wildman–Crippen MR) is 183 cm³/mol. The van der Waals surface area contributed by atoms with Crippen molar-refractivity contribution in [2.75, 3.05) is 6.61 Å². The first-order valence-corrected chi connectivity index (χ1v) is 16.4. The summed E-state index contributed by atoms with van der Waals surface area (Å²) in [6.07, 6.45) is 14.4. The van der Waals surface area contributed by atoms with Gasteiger partial charge in [-0.15, -0.1) is 0 Å². The number of allylic oxidation sites excluding steroid dienone is 8. The number of hydrogen-bond acceptors (Lipinski definition) is 7. The summed E-state index contributed by atoms with van der Waals surface area (Å²) in [5.41, 5.74) is 2.30. The lowest BCUT2D eigenvalue weighted by Gasteiger charge is -2.26. The number of nitrogens with one attached hydrogen (secondary N) is 1. The van der Waals surface area contributed by atoms with E-state index in [0.717, 1.165) is 41.8 Å². The van der Waals surface area contributed by atoms with E-state index in [1.165, 1.54) is 12.1 Å². The fraction of sp³-hybridized carbons (Fsp3) is 0.474. The van der Waals surface area contributed by atoms with E-state index in [1.54, 1.807) is 13.0 Å². The molecule has 2 rings (SSSR count). The summed E-state index contributed by atoms with van der Waals surface area (Å²) in [7, 11) is 0. The minimum absolute atomic E-state index is 0.0289. The number of amides is 1. The van der Waals surface area contributed by atoms with Gasteiger partial charge in [-0.3, -0.25) is 9.78 Å². The Morgan fingerprint density at radius 3 is 2.49 bits per heavy atom. The Morgan fingerprint density at radius 2 is 1.84 bits per heavy atom. The zero-order chi connectivity index (χ0) is 36.6. The number of aromatic nitrogens is 1. The van der Waals surface area contributed by atoms with Crippen molar-refractivity contribution in [1.82, 2.24) is 10.3 Å². The van der Waals surface area contributed by atoms with Crippen LogP contribution in [0.1, 0.15) is 78.5 Å². The van der Waals surface area contributed by atoms with Gasteiger partial charge in [0.1, 0.15) is 24.2 Å². The van der Waals surface area contributed by atoms with E-state index in [4.69, 9.17) is 9.47 Å². The third-order valence-corrected chi connectivity index (χ3v) is 7.99. The van der Waals surface area contributed by atoms with Gasteiger partial charge in [-0.1, -0.05) is 80.0 Å². The normalized spacial score (nSPS) is 18.7. The first kappa shape index (κ1) is 40.9. The number of rotatable bonds is 17. The molecule has 5 unspecified atom stereocenters. The molecule has 0 fully saturated rings. The van der Waals surface area contributed by atoms with E-state index in [1.807, 2.05) is 65.0 Å². The number of hydrogen-bond donors (Lipinski definition) is 2. The Kier molecular flexibility index (Phi) is 17.0. The Hall–Kier alpha value is -4.25. The highest BCUT2D eigenvalue weighted by Gasteiger charge is 2.32. The molecule has 2 N–H and O–H groups in total. The number of alkyl carbamates (subject to hydrolysis) is 1. The highest BCUT2D eigenvalue weighted by atomic mass is 19.4. The number of cyclic esters (lactones) is 1. The van der Waals surface area contributed by atoms with E-state index in [0.29, 0.717) is 18.4 Å². The van der Waals surface area contributed by atoms with Gasteiger partial charge in [0, 0.05) is 37.1 Å². The molecule has 5 atom stereocenters. The van der Waals surface area contributed by atoms with E-state index in [2.05, 4.69) is 22.5 Å². The second kappa shape index (κ2) is 20.3. The first-order chi connectivity index (χ1) is 23.1. The third kappa shape index (κ3) is 15.7. The van der Waals surface area contributed by atoms with Crippen molar-refractivity contribution in [3.63, 3.8) is 0 Å². The second-order valence-electron chi connectivity index (χ2n) is 12.5. The number of nitrogens with zero attached hydrogens (tertiary/aromatic N) is 1. The van der Waals surface area contributed by atoms with Crippen LogP contribution in [0.2, 0.25) is 0 Å². The van der Waals surface area contributed by atoms with Gasteiger partial charge in [-0.25, -0.2) is 9.59 Å². The highest BCUT2D eigenvalue weighted by Crippen LogP contribution is 2.27. The number of carbonyl (C=O) groups is 3. The predicted octanol–water partition coefficient (Wildman–Crippen LogP) is 8.16. The number of aliphatic hydroxyl groups excluding tert-OH is 1. The first-order valence-electron chi connectivity index (χ1n) is 16.4. The number of Topliss-reactive ketones (excluding diaryl/α,β-unsaturated/α-hetero) is 1. The van der Waals surface area contributed by atoms with Gasteiger partial charge in [-0.2, -0.15) is 13.2 Å². The molecule has 0 aromatic carbocycles. The molecule has 0 aliphatic carbocycles. The van der Waals surface area contributed by atoms with Gasteiger partial charge in [-0.05, 0) is 69.7 Å². The molecule has 0 radical (unpaired) electrons. The molecule has 1 aliphatic rings. The van der Waals surface area contributed by atoms with Crippen LogP contribution in [0, 0.1) is 17.8 Å². The van der Waals surface area contributed by atoms with E-state index < -0.39 is 30.0 Å². The Balaban J connectivity index is 1.73. The number of alkyl halides is 3. The molecule has 0 spiro atoms. The van der Waals surface area contributed by atoms with Crippen LogP contribution < -0.4 is 5.32 Å². The Labute approximate surface area is 287 Å². The quantitative estimate of drug-likeness (QED) is 0.0736. The van der Waals surface area contributed by atoms with Crippen LogP contribution in [0.15, 0.2) is 89.7 Å². The van der Waals surface area contributed by atoms with E-state index in [-0.39, 0.29) is 42.8 Å². The molecule has 1 aliphatic heterocycles. The van der Waals surface area contributed by atoms with Crippen molar-refractivity contribution in [2.45, 2.75) is 92.2 Å². The van der Waals surface area contributed by atoms with Crippen LogP contribution in [0.4, 0.5) is 18.0 Å². The molecular weight excluding hydrogens is 637 g/mol. The van der Waals surface area contributed by atoms with Crippen molar-refractivity contribution < 1.29 is 42.1 Å². The van der Waals surface area contributed by atoms with Crippen LogP contribution in [0.3, 0.4) is 0 Å². The molecule has 49 heavy (non-hydrogen) atoms. The van der Waals surface area contributed by atoms with Crippen molar-refractivity contribution in [3.8, 4) is 0 Å². The topological polar surface area (TPSA) is 115 Å². The Morgan fingerprint density at radius 1 is 1.10 bits per heavy atom. The molecule has 268 valence electrons. The zero-order valence-corrected chi connectivity index (χ0v) is 29.1. The minimum atomic E-state index is -4.53. The van der Waals surface area contributed by atoms with Crippen molar-refractivity contribution in [2.24, 2.45) is 17.8 Å². The molecule has 1 aromatic heterocycles. The fourth-order valence-electron chi connectivity index (χ4n) is 5.16. The van der Waals surface area contributed by atoms with Gasteiger partial charge in [0.15, 0.2) is 0 Å². The van der Waals surface area contributed by atoms with Crippen molar-refractivity contribution in [3.05, 3.63) is 101 Å². The second-order valence-corrected chi connectivity index (χ2v) is 12.5. The lowest BCUT2D eigenvalue weighted by Crippen LogP contribution is -2.34. The molecule has 0 saturated heterocycles. The highest BCUT2D eigenvalue weighted by molar-refractivity contribution is 5.85. The number of carbonyl (C=O) groups excluding carboxylic acids is 3. The maximum absolute atomic E-state index is 13.1. The number of pyridine rings is 1. The SMILES string of the molecule is CC(=C/CC/C=C/C(C)=C/C(C)C(=O)C(C)C(O)C(C)C/C(C)=C/COC(=O)NCc1ccc(C(F)(F)F)nc1)/C=C/C1CC=CC(=O)O1. The van der Waals surface area contributed by atoms with Crippen molar-refractivity contribution in [1.29, 1.82) is 0 Å². The molecule has 8 nitrogen and oxygen atoms in total. The largest absolute Gasteiger partial charge is 0.455 e. The molecule has 0 saturated carbocycles. The van der Waals surface area contributed by atoms with E-state index in [9.17, 15) is 32.7 Å². The monoisotopic (exact) mass is 686 g/mol. The molecule has 2 heterocycles. The summed E-state index contributed by atoms with van der Waals surface area (Å²) in [5, 5.41) is 13.4. The lowest BCUT2D eigenvalue weighted by atomic mass is 9.83. The molecule has 1 amide bonds. The van der Waals surface area contributed by atoms with Crippen LogP contribution in [-0.4, -0.2) is 46.8 Å². The summed E-state index contributed by atoms with van der Waals surface area (Å²) in [4.78, 5) is 39.8. The number of aliphatic hydroxyl groups is 1. The summed E-state index contributed by atoms with van der Waals surface area (Å²) in [6.45, 7) is 11.1. The number of ketones is 1. The maximum atomic E-state index is 13.1. The summed E-state index contributed by atoms with van der Waals surface area (Å²) in [6, 6.07) is 2.08. The van der Waals surface area contributed by atoms with Gasteiger partial charge < -0.3 is 19.9 Å². The number of halogens is 3. The van der Waals surface area contributed by atoms with Gasteiger partial charge in [0.25, 0.3) is 0 Å². The number of esters is 1. The third-order valence-electron chi connectivity index (χ3n) is 7.99. The van der Waals surface area contributed by atoms with Crippen LogP contribution in [0.5, 0.6) is 0 Å². The summed E-state index contributed by atoms with van der Waals surface area (Å²) < 4.78 is 48.2. The maximum Gasteiger partial charge on any atom is 0.433 e. The Bertz CT molecular complexity index is 1440. The number of ether oxygens (including phenoxy) is 2.